The van der Waals surface area contributed by atoms with Crippen LogP contribution in [0.1, 0.15) is 0 Å². The highest BCUT2D eigenvalue weighted by Gasteiger charge is 2.29. The molecule has 0 spiro atoms. The predicted molar refractivity (Wildman–Crippen MR) is 75.0 cm³/mol. The molecule has 102 valence electrons. The van der Waals surface area contributed by atoms with E-state index >= 15 is 0 Å². The van der Waals surface area contributed by atoms with E-state index in [2.05, 4.69) is 22.0 Å². The highest BCUT2D eigenvalue weighted by molar-refractivity contribution is 9.10. The van der Waals surface area contributed by atoms with Gasteiger partial charge in [-0.3, -0.25) is 4.90 Å². The molecule has 1 aromatic rings. The normalized spacial score (nSPS) is 18.1. The Hall–Kier alpha value is -0.940. The minimum Gasteiger partial charge on any atom is -0.288 e. The monoisotopic (exact) mass is 343 g/mol. The van der Waals surface area contributed by atoms with Crippen molar-refractivity contribution < 1.29 is 8.42 Å². The molecule has 0 aliphatic carbocycles. The number of halogens is 1. The van der Waals surface area contributed by atoms with Gasteiger partial charge >= 0.3 is 0 Å². The van der Waals surface area contributed by atoms with Crippen molar-refractivity contribution in [1.29, 1.82) is 5.26 Å². The average molecular weight is 344 g/mol. The van der Waals surface area contributed by atoms with Gasteiger partial charge < -0.3 is 0 Å². The molecular weight excluding hydrogens is 330 g/mol. The van der Waals surface area contributed by atoms with E-state index in [-0.39, 0.29) is 0 Å². The zero-order valence-electron chi connectivity index (χ0n) is 10.3. The van der Waals surface area contributed by atoms with E-state index in [9.17, 15) is 8.42 Å². The molecule has 1 saturated heterocycles. The molecule has 0 N–H and O–H groups in total. The van der Waals surface area contributed by atoms with E-state index in [1.807, 2.05) is 4.90 Å². The minimum atomic E-state index is -3.45. The van der Waals surface area contributed by atoms with E-state index < -0.39 is 10.0 Å². The van der Waals surface area contributed by atoms with Crippen molar-refractivity contribution in [1.82, 2.24) is 9.21 Å². The van der Waals surface area contributed by atoms with Crippen LogP contribution in [0.5, 0.6) is 0 Å². The third kappa shape index (κ3) is 3.15. The molecule has 0 bridgehead atoms. The van der Waals surface area contributed by atoms with Crippen molar-refractivity contribution in [3.8, 4) is 6.07 Å². The molecule has 0 aromatic heterocycles. The van der Waals surface area contributed by atoms with E-state index in [1.165, 1.54) is 4.31 Å². The van der Waals surface area contributed by atoms with E-state index in [4.69, 9.17) is 5.26 Å². The Kier molecular flexibility index (Phi) is 4.58. The van der Waals surface area contributed by atoms with Crippen LogP contribution in [0.15, 0.2) is 33.6 Å². The van der Waals surface area contributed by atoms with Crippen molar-refractivity contribution in [3.63, 3.8) is 0 Å². The molecule has 0 saturated carbocycles. The fourth-order valence-electron chi connectivity index (χ4n) is 2.02. The first-order valence-electron chi connectivity index (χ1n) is 5.89. The third-order valence-electron chi connectivity index (χ3n) is 3.08. The second-order valence-corrected chi connectivity index (χ2v) is 7.03. The fourth-order valence-corrected chi connectivity index (χ4v) is 4.41. The SMILES string of the molecule is N#CCN1CCN(S(=O)(=O)c2ccccc2Br)CC1. The molecule has 2 rings (SSSR count). The number of nitrogens with zero attached hydrogens (tertiary/aromatic N) is 3. The molecule has 0 amide bonds. The first-order valence-corrected chi connectivity index (χ1v) is 8.13. The number of rotatable bonds is 3. The second kappa shape index (κ2) is 6.01. The lowest BCUT2D eigenvalue weighted by atomic mass is 10.4. The lowest BCUT2D eigenvalue weighted by Crippen LogP contribution is -2.48. The second-order valence-electron chi connectivity index (χ2n) is 4.27. The average Bonchev–Trinajstić information content (AvgIpc) is 2.40. The lowest BCUT2D eigenvalue weighted by Gasteiger charge is -2.32. The zero-order valence-corrected chi connectivity index (χ0v) is 12.7. The molecule has 0 radical (unpaired) electrons. The summed E-state index contributed by atoms with van der Waals surface area (Å²) >= 11 is 3.28. The Morgan fingerprint density at radius 2 is 1.84 bits per heavy atom. The first kappa shape index (κ1) is 14.5. The number of benzene rings is 1. The van der Waals surface area contributed by atoms with Crippen LogP contribution in [0.4, 0.5) is 0 Å². The number of hydrogen-bond acceptors (Lipinski definition) is 4. The van der Waals surface area contributed by atoms with Gasteiger partial charge in [0.1, 0.15) is 0 Å². The summed E-state index contributed by atoms with van der Waals surface area (Å²) in [6.07, 6.45) is 0. The van der Waals surface area contributed by atoms with Gasteiger partial charge in [-0.05, 0) is 28.1 Å². The number of hydrogen-bond donors (Lipinski definition) is 0. The van der Waals surface area contributed by atoms with Crippen LogP contribution < -0.4 is 0 Å². The summed E-state index contributed by atoms with van der Waals surface area (Å²) in [4.78, 5) is 2.25. The standard InChI is InChI=1S/C12H14BrN3O2S/c13-11-3-1-2-4-12(11)19(17,18)16-9-7-15(6-5-14)8-10-16/h1-4H,6-10H2. The van der Waals surface area contributed by atoms with Crippen molar-refractivity contribution >= 4 is 26.0 Å². The molecule has 1 fully saturated rings. The van der Waals surface area contributed by atoms with Gasteiger partial charge in [-0.25, -0.2) is 8.42 Å². The molecule has 0 unspecified atom stereocenters. The van der Waals surface area contributed by atoms with Gasteiger partial charge in [-0.2, -0.15) is 9.57 Å². The summed E-state index contributed by atoms with van der Waals surface area (Å²) in [6.45, 7) is 2.38. The van der Waals surface area contributed by atoms with Crippen LogP contribution >= 0.6 is 15.9 Å². The Balaban J connectivity index is 2.15. The number of piperazine rings is 1. The Bertz CT molecular complexity index is 589. The van der Waals surface area contributed by atoms with Crippen LogP contribution in [0.25, 0.3) is 0 Å². The molecule has 19 heavy (non-hydrogen) atoms. The molecular formula is C12H14BrN3O2S. The molecule has 1 aliphatic rings. The van der Waals surface area contributed by atoms with E-state index in [1.54, 1.807) is 24.3 Å². The summed E-state index contributed by atoms with van der Waals surface area (Å²) < 4.78 is 27.0. The van der Waals surface area contributed by atoms with Crippen molar-refractivity contribution in [2.24, 2.45) is 0 Å². The summed E-state index contributed by atoms with van der Waals surface area (Å²) in [6, 6.07) is 8.90. The van der Waals surface area contributed by atoms with Crippen LogP contribution in [0.3, 0.4) is 0 Å². The lowest BCUT2D eigenvalue weighted by molar-refractivity contribution is 0.206. The molecule has 5 nitrogen and oxygen atoms in total. The van der Waals surface area contributed by atoms with Gasteiger partial charge in [0.2, 0.25) is 10.0 Å². The Morgan fingerprint density at radius 3 is 2.42 bits per heavy atom. The zero-order chi connectivity index (χ0) is 13.9. The van der Waals surface area contributed by atoms with Gasteiger partial charge in [0.15, 0.2) is 0 Å². The van der Waals surface area contributed by atoms with Crippen molar-refractivity contribution in [2.45, 2.75) is 4.90 Å². The van der Waals surface area contributed by atoms with Gasteiger partial charge in [0, 0.05) is 30.7 Å². The maximum absolute atomic E-state index is 12.5. The summed E-state index contributed by atoms with van der Waals surface area (Å²) in [7, 11) is -3.45. The van der Waals surface area contributed by atoms with Gasteiger partial charge in [0.05, 0.1) is 17.5 Å². The van der Waals surface area contributed by atoms with Gasteiger partial charge in [-0.15, -0.1) is 0 Å². The Labute approximate surface area is 121 Å². The smallest absolute Gasteiger partial charge is 0.244 e. The molecule has 1 aliphatic heterocycles. The molecule has 7 heteroatoms. The molecule has 1 aromatic carbocycles. The predicted octanol–water partition coefficient (Wildman–Crippen LogP) is 1.28. The number of nitriles is 1. The van der Waals surface area contributed by atoms with Crippen LogP contribution in [0, 0.1) is 11.3 Å². The summed E-state index contributed by atoms with van der Waals surface area (Å²) in [5, 5.41) is 8.63. The first-order chi connectivity index (χ1) is 9.05. The number of sulfonamides is 1. The van der Waals surface area contributed by atoms with Crippen LogP contribution in [-0.4, -0.2) is 50.3 Å². The minimum absolute atomic E-state index is 0.295. The quantitative estimate of drug-likeness (QED) is 0.775. The maximum atomic E-state index is 12.5. The van der Waals surface area contributed by atoms with Crippen molar-refractivity contribution in [3.05, 3.63) is 28.7 Å². The van der Waals surface area contributed by atoms with Crippen LogP contribution in [0.2, 0.25) is 0 Å². The highest BCUT2D eigenvalue weighted by Crippen LogP contribution is 2.25. The maximum Gasteiger partial charge on any atom is 0.244 e. The van der Waals surface area contributed by atoms with Gasteiger partial charge in [-0.1, -0.05) is 12.1 Å². The van der Waals surface area contributed by atoms with Gasteiger partial charge in [0.25, 0.3) is 0 Å². The fraction of sp³-hybridized carbons (Fsp3) is 0.417. The Morgan fingerprint density at radius 1 is 1.21 bits per heavy atom. The third-order valence-corrected chi connectivity index (χ3v) is 5.99. The van der Waals surface area contributed by atoms with Crippen LogP contribution in [-0.2, 0) is 10.0 Å². The van der Waals surface area contributed by atoms with E-state index in [0.29, 0.717) is 42.1 Å². The molecule has 1 heterocycles. The summed E-state index contributed by atoms with van der Waals surface area (Å²) in [5.41, 5.74) is 0. The molecule has 0 atom stereocenters. The largest absolute Gasteiger partial charge is 0.288 e. The topological polar surface area (TPSA) is 64.4 Å². The highest BCUT2D eigenvalue weighted by atomic mass is 79.9. The van der Waals surface area contributed by atoms with Crippen molar-refractivity contribution in [2.75, 3.05) is 32.7 Å². The summed E-state index contributed by atoms with van der Waals surface area (Å²) in [5.74, 6) is 0. The van der Waals surface area contributed by atoms with E-state index in [0.717, 1.165) is 0 Å².